The van der Waals surface area contributed by atoms with E-state index >= 15 is 0 Å². The lowest BCUT2D eigenvalue weighted by atomic mass is 9.94. The second kappa shape index (κ2) is 13.2. The summed E-state index contributed by atoms with van der Waals surface area (Å²) in [4.78, 5) is 28.9. The number of fused-ring (bicyclic) bond motifs is 1. The molecule has 7 heteroatoms. The third-order valence-electron chi connectivity index (χ3n) is 7.31. The van der Waals surface area contributed by atoms with Crippen molar-refractivity contribution in [1.29, 1.82) is 0 Å². The molecule has 3 N–H and O–H groups in total. The zero-order valence-corrected chi connectivity index (χ0v) is 25.3. The van der Waals surface area contributed by atoms with Crippen molar-refractivity contribution in [2.75, 3.05) is 5.32 Å². The molecule has 0 aliphatic rings. The number of anilines is 1. The summed E-state index contributed by atoms with van der Waals surface area (Å²) in [5, 5.41) is 14.3. The summed E-state index contributed by atoms with van der Waals surface area (Å²) in [6.07, 6.45) is 3.80. The molecule has 0 aliphatic heterocycles. The van der Waals surface area contributed by atoms with Gasteiger partial charge in [-0.2, -0.15) is 0 Å². The van der Waals surface area contributed by atoms with Crippen molar-refractivity contribution in [3.8, 4) is 16.9 Å². The molecular formula is C36H35ClN2O4. The van der Waals surface area contributed by atoms with Gasteiger partial charge in [0.2, 0.25) is 0 Å². The van der Waals surface area contributed by atoms with Crippen molar-refractivity contribution in [3.05, 3.63) is 118 Å². The number of halogens is 1. The number of carbonyl (C=O) groups excluding carboxylic acids is 1. The number of ether oxygens (including phenoxy) is 1. The Balaban J connectivity index is 1.59. The Morgan fingerprint density at radius 2 is 1.67 bits per heavy atom. The predicted octanol–water partition coefficient (Wildman–Crippen LogP) is 9.16. The maximum absolute atomic E-state index is 13.4. The number of unbranched alkanes of at least 4 members (excludes halogenated alkanes) is 1. The molecule has 0 saturated heterocycles. The van der Waals surface area contributed by atoms with Crippen LogP contribution in [0, 0.1) is 0 Å². The number of H-pyrrole nitrogens is 1. The fraction of sp³-hybridized carbons (Fsp3) is 0.222. The first-order valence-electron chi connectivity index (χ1n) is 14.6. The number of hydrogen-bond acceptors (Lipinski definition) is 3. The van der Waals surface area contributed by atoms with Gasteiger partial charge in [-0.15, -0.1) is 0 Å². The van der Waals surface area contributed by atoms with E-state index in [1.807, 2.05) is 44.2 Å². The van der Waals surface area contributed by atoms with Crippen LogP contribution in [0.2, 0.25) is 5.02 Å². The third-order valence-corrected chi connectivity index (χ3v) is 7.55. The molecule has 5 aromatic rings. The maximum Gasteiger partial charge on any atom is 0.354 e. The highest BCUT2D eigenvalue weighted by Crippen LogP contribution is 2.37. The van der Waals surface area contributed by atoms with Crippen molar-refractivity contribution >= 4 is 40.1 Å². The smallest absolute Gasteiger partial charge is 0.354 e. The van der Waals surface area contributed by atoms with Gasteiger partial charge in [0.15, 0.2) is 0 Å². The topological polar surface area (TPSA) is 91.4 Å². The van der Waals surface area contributed by atoms with Crippen LogP contribution >= 0.6 is 11.6 Å². The molecule has 1 heterocycles. The van der Waals surface area contributed by atoms with Crippen LogP contribution in [0.4, 0.5) is 5.69 Å². The molecule has 220 valence electrons. The average Bonchev–Trinajstić information content (AvgIpc) is 3.35. The Morgan fingerprint density at radius 1 is 0.930 bits per heavy atom. The molecule has 4 aromatic carbocycles. The van der Waals surface area contributed by atoms with Crippen molar-refractivity contribution in [2.24, 2.45) is 0 Å². The van der Waals surface area contributed by atoms with Crippen LogP contribution in [0.3, 0.4) is 0 Å². The van der Waals surface area contributed by atoms with Crippen LogP contribution in [0.25, 0.3) is 22.0 Å². The highest BCUT2D eigenvalue weighted by Gasteiger charge is 2.23. The molecule has 6 nitrogen and oxygen atoms in total. The first kappa shape index (κ1) is 29.9. The van der Waals surface area contributed by atoms with E-state index in [2.05, 4.69) is 47.6 Å². The highest BCUT2D eigenvalue weighted by atomic mass is 35.5. The molecule has 0 unspecified atom stereocenters. The minimum Gasteiger partial charge on any atom is -0.491 e. The number of aromatic nitrogens is 1. The monoisotopic (exact) mass is 594 g/mol. The first-order chi connectivity index (χ1) is 20.7. The minimum atomic E-state index is -1.16. The summed E-state index contributed by atoms with van der Waals surface area (Å²) in [5.41, 5.74) is 6.25. The summed E-state index contributed by atoms with van der Waals surface area (Å²) < 4.78 is 5.69. The Hall–Kier alpha value is -4.55. The molecule has 43 heavy (non-hydrogen) atoms. The van der Waals surface area contributed by atoms with Crippen LogP contribution in [0.15, 0.2) is 84.9 Å². The summed E-state index contributed by atoms with van der Waals surface area (Å²) in [6.45, 7) is 6.04. The van der Waals surface area contributed by atoms with E-state index < -0.39 is 11.9 Å². The number of nitrogens with one attached hydrogen (secondary N) is 2. The molecule has 0 saturated carbocycles. The van der Waals surface area contributed by atoms with E-state index in [1.54, 1.807) is 24.3 Å². The van der Waals surface area contributed by atoms with Gasteiger partial charge in [0.25, 0.3) is 5.91 Å². The van der Waals surface area contributed by atoms with E-state index in [0.717, 1.165) is 41.5 Å². The zero-order valence-electron chi connectivity index (χ0n) is 24.5. The minimum absolute atomic E-state index is 0.00539. The van der Waals surface area contributed by atoms with Gasteiger partial charge < -0.3 is 20.1 Å². The largest absolute Gasteiger partial charge is 0.491 e. The second-order valence-corrected chi connectivity index (χ2v) is 11.4. The number of carbonyl (C=O) groups is 2. The van der Waals surface area contributed by atoms with E-state index in [9.17, 15) is 14.7 Å². The maximum atomic E-state index is 13.4. The van der Waals surface area contributed by atoms with Gasteiger partial charge in [-0.05, 0) is 109 Å². The van der Waals surface area contributed by atoms with Crippen LogP contribution in [-0.2, 0) is 12.8 Å². The quantitative estimate of drug-likeness (QED) is 0.142. The summed E-state index contributed by atoms with van der Waals surface area (Å²) >= 11 is 6.31. The van der Waals surface area contributed by atoms with E-state index in [4.69, 9.17) is 16.3 Å². The SMILES string of the molecule is CCCCc1ccc(-c2cc(Cc3cccc(Cl)c3)c3c(NC(=O)c4ccc(OC(C)C)cc4)c(C(=O)O)[nH]c3c2)cc1. The average molecular weight is 595 g/mol. The summed E-state index contributed by atoms with van der Waals surface area (Å²) in [5.74, 6) is -0.928. The molecule has 0 radical (unpaired) electrons. The van der Waals surface area contributed by atoms with Crippen LogP contribution in [0.5, 0.6) is 5.75 Å². The van der Waals surface area contributed by atoms with Crippen LogP contribution < -0.4 is 10.1 Å². The number of aryl methyl sites for hydroxylation is 1. The highest BCUT2D eigenvalue weighted by molar-refractivity contribution is 6.30. The molecule has 0 spiro atoms. The van der Waals surface area contributed by atoms with Crippen LogP contribution in [0.1, 0.15) is 71.1 Å². The third kappa shape index (κ3) is 7.09. The fourth-order valence-corrected chi connectivity index (χ4v) is 5.48. The normalized spacial score (nSPS) is 11.2. The van der Waals surface area contributed by atoms with Gasteiger partial charge >= 0.3 is 5.97 Å². The number of amides is 1. The van der Waals surface area contributed by atoms with Crippen molar-refractivity contribution in [3.63, 3.8) is 0 Å². The molecule has 0 atom stereocenters. The molecule has 5 rings (SSSR count). The van der Waals surface area contributed by atoms with E-state index in [1.165, 1.54) is 5.56 Å². The number of aromatic amines is 1. The molecule has 1 aromatic heterocycles. The van der Waals surface area contributed by atoms with Gasteiger partial charge in [-0.25, -0.2) is 4.79 Å². The lowest BCUT2D eigenvalue weighted by molar-refractivity contribution is 0.0692. The lowest BCUT2D eigenvalue weighted by Crippen LogP contribution is -2.14. The van der Waals surface area contributed by atoms with Crippen molar-refractivity contribution in [1.82, 2.24) is 4.98 Å². The standard InChI is InChI=1S/C36H35ClN2O4/c1-4-5-7-23-10-12-25(13-11-23)27-20-28(18-24-8-6-9-29(37)19-24)32-31(21-27)38-34(36(41)42)33(32)39-35(40)26-14-16-30(17-15-26)43-22(2)3/h6,8-17,19-22,38H,4-5,7,18H2,1-3H3,(H,39,40)(H,41,42). The van der Waals surface area contributed by atoms with Gasteiger partial charge in [0.05, 0.1) is 11.8 Å². The van der Waals surface area contributed by atoms with Crippen molar-refractivity contribution in [2.45, 2.75) is 52.6 Å². The molecular weight excluding hydrogens is 560 g/mol. The Labute approximate surface area is 256 Å². The molecule has 0 bridgehead atoms. The Kier molecular flexibility index (Phi) is 9.17. The van der Waals surface area contributed by atoms with E-state index in [-0.39, 0.29) is 17.5 Å². The van der Waals surface area contributed by atoms with Gasteiger partial charge in [-0.3, -0.25) is 4.79 Å². The summed E-state index contributed by atoms with van der Waals surface area (Å²) in [6, 6.07) is 26.9. The number of rotatable bonds is 11. The molecule has 0 fully saturated rings. The number of carboxylic acids is 1. The molecule has 1 amide bonds. The number of aromatic carboxylic acids is 1. The first-order valence-corrected chi connectivity index (χ1v) is 14.9. The van der Waals surface area contributed by atoms with Crippen molar-refractivity contribution < 1.29 is 19.4 Å². The number of benzene rings is 4. The van der Waals surface area contributed by atoms with Crippen LogP contribution in [-0.4, -0.2) is 28.1 Å². The van der Waals surface area contributed by atoms with Gasteiger partial charge in [0, 0.05) is 21.5 Å². The fourth-order valence-electron chi connectivity index (χ4n) is 5.26. The Bertz CT molecular complexity index is 1760. The number of hydrogen-bond donors (Lipinski definition) is 3. The summed E-state index contributed by atoms with van der Waals surface area (Å²) in [7, 11) is 0. The predicted molar refractivity (Wildman–Crippen MR) is 174 cm³/mol. The van der Waals surface area contributed by atoms with E-state index in [0.29, 0.717) is 33.7 Å². The molecule has 0 aliphatic carbocycles. The second-order valence-electron chi connectivity index (χ2n) is 11.0. The zero-order chi connectivity index (χ0) is 30.5. The Morgan fingerprint density at radius 3 is 2.33 bits per heavy atom. The number of carboxylic acid groups (broad SMARTS) is 1. The van der Waals surface area contributed by atoms with Gasteiger partial charge in [-0.1, -0.05) is 61.3 Å². The lowest BCUT2D eigenvalue weighted by Gasteiger charge is -2.13. The van der Waals surface area contributed by atoms with Gasteiger partial charge in [0.1, 0.15) is 11.4 Å².